The number of halogens is 3. The Kier molecular flexibility index (Phi) is 8.59. The Hall–Kier alpha value is -1.90. The van der Waals surface area contributed by atoms with Crippen LogP contribution in [-0.2, 0) is 21.4 Å². The van der Waals surface area contributed by atoms with E-state index in [0.717, 1.165) is 14.3 Å². The molecule has 1 amide bonds. The largest absolute Gasteiger partial charge is 0.325 e. The fraction of sp³-hybridized carbons (Fsp3) is 0.208. The van der Waals surface area contributed by atoms with Gasteiger partial charge in [-0.1, -0.05) is 71.2 Å². The average Bonchev–Trinajstić information content (AvgIpc) is 2.75. The summed E-state index contributed by atoms with van der Waals surface area (Å²) in [6, 6.07) is 18.5. The first-order valence-corrected chi connectivity index (χ1v) is 13.1. The molecule has 0 saturated heterocycles. The molecule has 0 unspecified atom stereocenters. The molecule has 0 spiro atoms. The van der Waals surface area contributed by atoms with Crippen LogP contribution >= 0.6 is 39.1 Å². The lowest BCUT2D eigenvalue weighted by molar-refractivity contribution is -0.116. The number of benzene rings is 3. The van der Waals surface area contributed by atoms with Gasteiger partial charge in [0.1, 0.15) is 0 Å². The summed E-state index contributed by atoms with van der Waals surface area (Å²) in [6.07, 6.45) is 0. The molecule has 3 aromatic rings. The van der Waals surface area contributed by atoms with Crippen molar-refractivity contribution in [3.63, 3.8) is 0 Å². The van der Waals surface area contributed by atoms with Gasteiger partial charge in [-0.15, -0.1) is 0 Å². The Morgan fingerprint density at radius 3 is 2.21 bits per heavy atom. The van der Waals surface area contributed by atoms with E-state index < -0.39 is 15.9 Å². The summed E-state index contributed by atoms with van der Waals surface area (Å²) in [6.45, 7) is 3.69. The molecule has 0 bridgehead atoms. The van der Waals surface area contributed by atoms with Crippen LogP contribution in [0.25, 0.3) is 0 Å². The van der Waals surface area contributed by atoms with Gasteiger partial charge in [-0.25, -0.2) is 8.42 Å². The van der Waals surface area contributed by atoms with Crippen LogP contribution in [0, 0.1) is 0 Å². The maximum atomic E-state index is 13.4. The van der Waals surface area contributed by atoms with Gasteiger partial charge in [-0.2, -0.15) is 4.31 Å². The highest BCUT2D eigenvalue weighted by molar-refractivity contribution is 9.10. The molecular weight excluding hydrogens is 547 g/mol. The second-order valence-corrected chi connectivity index (χ2v) is 11.5. The summed E-state index contributed by atoms with van der Waals surface area (Å²) < 4.78 is 28.6. The summed E-state index contributed by atoms with van der Waals surface area (Å²) in [7, 11) is -3.99. The Balaban J connectivity index is 1.87. The Bertz CT molecular complexity index is 1230. The standard InChI is InChI=1S/C24H23BrCl2N2O3S/c1-16(2)17-4-9-21(10-5-17)28-24(30)15-29(14-18-3-8-20(26)13-23(18)27)33(31,32)22-11-6-19(25)7-12-22/h3-13,16H,14-15H2,1-2H3,(H,28,30). The Labute approximate surface area is 212 Å². The molecule has 1 N–H and O–H groups in total. The molecule has 0 aliphatic rings. The highest BCUT2D eigenvalue weighted by Gasteiger charge is 2.27. The van der Waals surface area contributed by atoms with Crippen molar-refractivity contribution in [2.24, 2.45) is 0 Å². The highest BCUT2D eigenvalue weighted by Crippen LogP contribution is 2.26. The van der Waals surface area contributed by atoms with Crippen molar-refractivity contribution in [1.29, 1.82) is 0 Å². The fourth-order valence-electron chi connectivity index (χ4n) is 3.13. The Morgan fingerprint density at radius 1 is 1.00 bits per heavy atom. The molecule has 5 nitrogen and oxygen atoms in total. The zero-order valence-electron chi connectivity index (χ0n) is 18.1. The molecule has 0 aromatic heterocycles. The molecule has 0 aliphatic heterocycles. The molecule has 3 rings (SSSR count). The number of rotatable bonds is 8. The van der Waals surface area contributed by atoms with E-state index in [1.807, 2.05) is 12.1 Å². The lowest BCUT2D eigenvalue weighted by Crippen LogP contribution is -2.37. The van der Waals surface area contributed by atoms with Gasteiger partial charge in [0, 0.05) is 26.8 Å². The fourth-order valence-corrected chi connectivity index (χ4v) is 5.24. The van der Waals surface area contributed by atoms with Crippen LogP contribution in [-0.4, -0.2) is 25.2 Å². The van der Waals surface area contributed by atoms with Crippen LogP contribution in [0.1, 0.15) is 30.9 Å². The third kappa shape index (κ3) is 6.80. The molecule has 0 radical (unpaired) electrons. The molecule has 33 heavy (non-hydrogen) atoms. The smallest absolute Gasteiger partial charge is 0.243 e. The van der Waals surface area contributed by atoms with E-state index in [4.69, 9.17) is 23.2 Å². The van der Waals surface area contributed by atoms with E-state index in [9.17, 15) is 13.2 Å². The van der Waals surface area contributed by atoms with Crippen molar-refractivity contribution in [3.05, 3.63) is 92.4 Å². The zero-order chi connectivity index (χ0) is 24.2. The number of amides is 1. The number of anilines is 1. The first-order valence-electron chi connectivity index (χ1n) is 10.2. The minimum Gasteiger partial charge on any atom is -0.325 e. The number of nitrogens with zero attached hydrogens (tertiary/aromatic N) is 1. The molecular formula is C24H23BrCl2N2O3S. The van der Waals surface area contributed by atoms with Gasteiger partial charge >= 0.3 is 0 Å². The quantitative estimate of drug-likeness (QED) is 0.328. The van der Waals surface area contributed by atoms with Crippen LogP contribution in [0.15, 0.2) is 76.1 Å². The highest BCUT2D eigenvalue weighted by atomic mass is 79.9. The normalized spacial score (nSPS) is 11.7. The van der Waals surface area contributed by atoms with Crippen molar-refractivity contribution in [3.8, 4) is 0 Å². The molecule has 0 atom stereocenters. The predicted octanol–water partition coefficient (Wildman–Crippen LogP) is 6.71. The third-order valence-corrected chi connectivity index (χ3v) is 7.92. The van der Waals surface area contributed by atoms with Gasteiger partial charge in [0.25, 0.3) is 0 Å². The number of nitrogens with one attached hydrogen (secondary N) is 1. The number of sulfonamides is 1. The maximum absolute atomic E-state index is 13.4. The van der Waals surface area contributed by atoms with Crippen LogP contribution in [0.5, 0.6) is 0 Å². The molecule has 9 heteroatoms. The van der Waals surface area contributed by atoms with Gasteiger partial charge in [-0.3, -0.25) is 4.79 Å². The van der Waals surface area contributed by atoms with Gasteiger partial charge in [0.15, 0.2) is 0 Å². The minimum atomic E-state index is -3.99. The van der Waals surface area contributed by atoms with Gasteiger partial charge < -0.3 is 5.32 Å². The van der Waals surface area contributed by atoms with E-state index in [1.54, 1.807) is 42.5 Å². The predicted molar refractivity (Wildman–Crippen MR) is 137 cm³/mol. The van der Waals surface area contributed by atoms with E-state index in [-0.39, 0.29) is 18.0 Å². The lowest BCUT2D eigenvalue weighted by Gasteiger charge is -2.22. The summed E-state index contributed by atoms with van der Waals surface area (Å²) in [5.41, 5.74) is 2.27. The molecule has 0 fully saturated rings. The molecule has 0 aliphatic carbocycles. The Morgan fingerprint density at radius 2 is 1.64 bits per heavy atom. The van der Waals surface area contributed by atoms with E-state index >= 15 is 0 Å². The summed E-state index contributed by atoms with van der Waals surface area (Å²) >= 11 is 15.6. The molecule has 174 valence electrons. The van der Waals surface area contributed by atoms with Crippen LogP contribution < -0.4 is 5.32 Å². The van der Waals surface area contributed by atoms with E-state index in [0.29, 0.717) is 27.2 Å². The van der Waals surface area contributed by atoms with Crippen LogP contribution in [0.4, 0.5) is 5.69 Å². The average molecular weight is 570 g/mol. The van der Waals surface area contributed by atoms with Crippen molar-refractivity contribution in [2.45, 2.75) is 31.2 Å². The summed E-state index contributed by atoms with van der Waals surface area (Å²) in [5, 5.41) is 3.54. The lowest BCUT2D eigenvalue weighted by atomic mass is 10.0. The summed E-state index contributed by atoms with van der Waals surface area (Å²) in [4.78, 5) is 12.9. The second kappa shape index (κ2) is 11.0. The first kappa shape index (κ1) is 25.7. The van der Waals surface area contributed by atoms with Crippen molar-refractivity contribution in [2.75, 3.05) is 11.9 Å². The van der Waals surface area contributed by atoms with Crippen molar-refractivity contribution >= 4 is 60.7 Å². The molecule has 3 aromatic carbocycles. The first-order chi connectivity index (χ1) is 15.6. The van der Waals surface area contributed by atoms with Crippen molar-refractivity contribution < 1.29 is 13.2 Å². The second-order valence-electron chi connectivity index (χ2n) is 7.79. The molecule has 0 saturated carbocycles. The number of hydrogen-bond donors (Lipinski definition) is 1. The number of carbonyl (C=O) groups is 1. The van der Waals surface area contributed by atoms with Crippen LogP contribution in [0.3, 0.4) is 0 Å². The number of carbonyl (C=O) groups excluding carboxylic acids is 1. The zero-order valence-corrected chi connectivity index (χ0v) is 22.0. The third-order valence-electron chi connectivity index (χ3n) is 4.99. The monoisotopic (exact) mass is 568 g/mol. The van der Waals surface area contributed by atoms with Gasteiger partial charge in [0.2, 0.25) is 15.9 Å². The minimum absolute atomic E-state index is 0.0740. The SMILES string of the molecule is CC(C)c1ccc(NC(=O)CN(Cc2ccc(Cl)cc2Cl)S(=O)(=O)c2ccc(Br)cc2)cc1. The van der Waals surface area contributed by atoms with Gasteiger partial charge in [-0.05, 0) is 65.6 Å². The summed E-state index contributed by atoms with van der Waals surface area (Å²) in [5.74, 6) is -0.0940. The van der Waals surface area contributed by atoms with E-state index in [2.05, 4.69) is 35.1 Å². The topological polar surface area (TPSA) is 66.5 Å². The number of hydrogen-bond acceptors (Lipinski definition) is 3. The maximum Gasteiger partial charge on any atom is 0.243 e. The van der Waals surface area contributed by atoms with Crippen LogP contribution in [0.2, 0.25) is 10.0 Å². The van der Waals surface area contributed by atoms with Crippen molar-refractivity contribution in [1.82, 2.24) is 4.31 Å². The van der Waals surface area contributed by atoms with E-state index in [1.165, 1.54) is 12.1 Å². The molecule has 0 heterocycles. The van der Waals surface area contributed by atoms with Gasteiger partial charge in [0.05, 0.1) is 11.4 Å².